The van der Waals surface area contributed by atoms with Gasteiger partial charge in [0.2, 0.25) is 0 Å². The zero-order valence-electron chi connectivity index (χ0n) is 14.8. The number of nitrogens with zero attached hydrogens (tertiary/aromatic N) is 2. The number of hydrogen-bond donors (Lipinski definition) is 2. The summed E-state index contributed by atoms with van der Waals surface area (Å²) < 4.78 is 1.54. The van der Waals surface area contributed by atoms with E-state index in [-0.39, 0.29) is 28.7 Å². The monoisotopic (exact) mass is 344 g/mol. The molecule has 2 aromatic rings. The molecule has 1 saturated heterocycles. The molecule has 0 spiro atoms. The Morgan fingerprint density at radius 2 is 2.00 bits per heavy atom. The zero-order chi connectivity index (χ0) is 18.4. The molecule has 3 rings (SSSR count). The van der Waals surface area contributed by atoms with Gasteiger partial charge < -0.3 is 19.7 Å². The van der Waals surface area contributed by atoms with Gasteiger partial charge in [0.05, 0.1) is 10.9 Å². The van der Waals surface area contributed by atoms with Crippen molar-refractivity contribution in [3.63, 3.8) is 0 Å². The van der Waals surface area contributed by atoms with E-state index < -0.39 is 11.6 Å². The number of carbonyl (C=O) groups is 1. The minimum atomic E-state index is -0.955. The van der Waals surface area contributed by atoms with Gasteiger partial charge in [0.25, 0.3) is 5.56 Å². The predicted octanol–water partition coefficient (Wildman–Crippen LogP) is 3.27. The van der Waals surface area contributed by atoms with Gasteiger partial charge in [0, 0.05) is 19.3 Å². The molecule has 1 atom stereocenters. The molecule has 1 aliphatic rings. The second-order valence-corrected chi connectivity index (χ2v) is 7.81. The quantitative estimate of drug-likeness (QED) is 0.876. The Kier molecular flexibility index (Phi) is 4.01. The summed E-state index contributed by atoms with van der Waals surface area (Å²) in [7, 11) is 0. The number of pyridine rings is 1. The van der Waals surface area contributed by atoms with Crippen molar-refractivity contribution in [1.82, 2.24) is 9.47 Å². The minimum Gasteiger partial charge on any atom is -0.507 e. The molecule has 0 aliphatic carbocycles. The Labute approximate surface area is 146 Å². The smallest absolute Gasteiger partial charge is 0.407 e. The van der Waals surface area contributed by atoms with Crippen LogP contribution in [0.5, 0.6) is 5.75 Å². The highest BCUT2D eigenvalue weighted by Gasteiger charge is 2.52. The van der Waals surface area contributed by atoms with Crippen LogP contribution in [0, 0.1) is 5.41 Å². The summed E-state index contributed by atoms with van der Waals surface area (Å²) in [6.07, 6.45) is 2.21. The lowest BCUT2D eigenvalue weighted by atomic mass is 9.71. The van der Waals surface area contributed by atoms with Crippen LogP contribution in [0.4, 0.5) is 4.79 Å². The fourth-order valence-electron chi connectivity index (χ4n) is 4.06. The summed E-state index contributed by atoms with van der Waals surface area (Å²) in [4.78, 5) is 26.2. The molecule has 0 saturated carbocycles. The highest BCUT2D eigenvalue weighted by atomic mass is 16.4. The molecule has 1 amide bonds. The van der Waals surface area contributed by atoms with E-state index in [1.54, 1.807) is 24.4 Å². The molecule has 1 aliphatic heterocycles. The molecule has 1 aromatic carbocycles. The molecule has 6 nitrogen and oxygen atoms in total. The van der Waals surface area contributed by atoms with Gasteiger partial charge in [-0.15, -0.1) is 0 Å². The van der Waals surface area contributed by atoms with E-state index in [0.29, 0.717) is 18.4 Å². The number of benzene rings is 1. The Morgan fingerprint density at radius 1 is 1.28 bits per heavy atom. The number of aromatic hydroxyl groups is 1. The van der Waals surface area contributed by atoms with Gasteiger partial charge in [0.1, 0.15) is 5.75 Å². The number of amides is 1. The third-order valence-electron chi connectivity index (χ3n) is 5.53. The summed E-state index contributed by atoms with van der Waals surface area (Å²) in [5.41, 5.74) is -1.30. The lowest BCUT2D eigenvalue weighted by Crippen LogP contribution is -2.58. The Morgan fingerprint density at radius 3 is 2.64 bits per heavy atom. The maximum absolute atomic E-state index is 12.9. The Hall–Kier alpha value is -2.50. The van der Waals surface area contributed by atoms with Crippen LogP contribution >= 0.6 is 0 Å². The fraction of sp³-hybridized carbons (Fsp3) is 0.474. The molecule has 25 heavy (non-hydrogen) atoms. The average molecular weight is 344 g/mol. The van der Waals surface area contributed by atoms with Crippen LogP contribution in [0.1, 0.15) is 33.6 Å². The van der Waals surface area contributed by atoms with Crippen molar-refractivity contribution in [1.29, 1.82) is 0 Å². The molecule has 1 unspecified atom stereocenters. The van der Waals surface area contributed by atoms with Gasteiger partial charge in [-0.2, -0.15) is 0 Å². The molecular formula is C19H24N2O4. The van der Waals surface area contributed by atoms with Crippen molar-refractivity contribution < 1.29 is 15.0 Å². The average Bonchev–Trinajstić information content (AvgIpc) is 2.95. The first-order chi connectivity index (χ1) is 11.7. The second-order valence-electron chi connectivity index (χ2n) is 7.81. The van der Waals surface area contributed by atoms with Crippen molar-refractivity contribution in [3.8, 4) is 5.75 Å². The van der Waals surface area contributed by atoms with E-state index in [1.807, 2.05) is 20.8 Å². The van der Waals surface area contributed by atoms with Crippen LogP contribution in [0.3, 0.4) is 0 Å². The normalized spacial score (nSPS) is 21.0. The predicted molar refractivity (Wildman–Crippen MR) is 96.0 cm³/mol. The minimum absolute atomic E-state index is 0.0526. The molecule has 0 bridgehead atoms. The number of phenols is 1. The van der Waals surface area contributed by atoms with Crippen LogP contribution < -0.4 is 5.56 Å². The Balaban J connectivity index is 2.15. The second kappa shape index (κ2) is 5.79. The molecule has 0 radical (unpaired) electrons. The number of rotatable bonds is 2. The molecule has 6 heteroatoms. The lowest BCUT2D eigenvalue weighted by Gasteiger charge is -2.47. The van der Waals surface area contributed by atoms with Gasteiger partial charge in [-0.05, 0) is 35.8 Å². The van der Waals surface area contributed by atoms with E-state index in [9.17, 15) is 19.8 Å². The number of fused-ring (bicyclic) bond motifs is 1. The molecule has 2 heterocycles. The number of phenolic OH excluding ortho intramolecular Hbond substituents is 1. The van der Waals surface area contributed by atoms with Crippen LogP contribution in [0.15, 0.2) is 35.3 Å². The summed E-state index contributed by atoms with van der Waals surface area (Å²) in [5.74, 6) is -0.0526. The summed E-state index contributed by atoms with van der Waals surface area (Å²) >= 11 is 0. The number of likely N-dealkylation sites (tertiary alicyclic amines) is 1. The van der Waals surface area contributed by atoms with E-state index >= 15 is 0 Å². The third kappa shape index (κ3) is 2.65. The molecular weight excluding hydrogens is 320 g/mol. The van der Waals surface area contributed by atoms with Crippen LogP contribution in [-0.4, -0.2) is 37.9 Å². The van der Waals surface area contributed by atoms with Crippen LogP contribution in [0.2, 0.25) is 0 Å². The van der Waals surface area contributed by atoms with Crippen molar-refractivity contribution in [2.75, 3.05) is 6.54 Å². The molecule has 134 valence electrons. The van der Waals surface area contributed by atoms with Crippen molar-refractivity contribution >= 4 is 16.9 Å². The fourth-order valence-corrected chi connectivity index (χ4v) is 4.06. The van der Waals surface area contributed by atoms with E-state index in [2.05, 4.69) is 0 Å². The summed E-state index contributed by atoms with van der Waals surface area (Å²) in [6, 6.07) is 6.75. The first-order valence-corrected chi connectivity index (χ1v) is 8.49. The van der Waals surface area contributed by atoms with Gasteiger partial charge >= 0.3 is 6.09 Å². The largest absolute Gasteiger partial charge is 0.507 e. The van der Waals surface area contributed by atoms with E-state index in [1.165, 1.54) is 15.5 Å². The lowest BCUT2D eigenvalue weighted by molar-refractivity contribution is 0.0171. The van der Waals surface area contributed by atoms with Gasteiger partial charge in [-0.3, -0.25) is 4.79 Å². The van der Waals surface area contributed by atoms with Crippen molar-refractivity contribution in [2.24, 2.45) is 5.41 Å². The standard InChI is InChI=1S/C19H24N2O4/c1-18(2,3)19(9-5-10-21(19)17(24)25)12-20-11-8-13-6-4-7-14(22)15(13)16(20)23/h4,6-8,11,22H,5,9-10,12H2,1-3H3,(H,24,25). The maximum atomic E-state index is 12.9. The van der Waals surface area contributed by atoms with Crippen LogP contribution in [-0.2, 0) is 6.54 Å². The van der Waals surface area contributed by atoms with Gasteiger partial charge in [-0.1, -0.05) is 32.9 Å². The molecule has 1 fully saturated rings. The summed E-state index contributed by atoms with van der Waals surface area (Å²) in [5, 5.41) is 20.7. The highest BCUT2D eigenvalue weighted by Crippen LogP contribution is 2.44. The van der Waals surface area contributed by atoms with E-state index in [0.717, 1.165) is 6.42 Å². The first-order valence-electron chi connectivity index (χ1n) is 8.49. The highest BCUT2D eigenvalue weighted by molar-refractivity contribution is 5.86. The molecule has 1 aromatic heterocycles. The van der Waals surface area contributed by atoms with Crippen molar-refractivity contribution in [2.45, 2.75) is 45.7 Å². The number of carboxylic acid groups (broad SMARTS) is 1. The van der Waals surface area contributed by atoms with Crippen LogP contribution in [0.25, 0.3) is 10.8 Å². The number of hydrogen-bond acceptors (Lipinski definition) is 3. The van der Waals surface area contributed by atoms with Crippen molar-refractivity contribution in [3.05, 3.63) is 40.8 Å². The summed E-state index contributed by atoms with van der Waals surface area (Å²) in [6.45, 7) is 6.78. The number of aromatic nitrogens is 1. The SMILES string of the molecule is CC(C)(C)C1(Cn2ccc3cccc(O)c3c2=O)CCCN1C(=O)O. The Bertz CT molecular complexity index is 881. The first kappa shape index (κ1) is 17.3. The topological polar surface area (TPSA) is 82.8 Å². The van der Waals surface area contributed by atoms with Gasteiger partial charge in [0.15, 0.2) is 0 Å². The van der Waals surface area contributed by atoms with E-state index in [4.69, 9.17) is 0 Å². The zero-order valence-corrected chi connectivity index (χ0v) is 14.8. The third-order valence-corrected chi connectivity index (χ3v) is 5.53. The molecule has 2 N–H and O–H groups in total. The van der Waals surface area contributed by atoms with Gasteiger partial charge in [-0.25, -0.2) is 4.79 Å². The maximum Gasteiger partial charge on any atom is 0.407 e.